The summed E-state index contributed by atoms with van der Waals surface area (Å²) in [5, 5.41) is 8.90. The van der Waals surface area contributed by atoms with Gasteiger partial charge in [0.05, 0.1) is 36.1 Å². The Morgan fingerprint density at radius 2 is 1.89 bits per heavy atom. The Labute approximate surface area is 171 Å². The first-order valence-electron chi connectivity index (χ1n) is 8.44. The molecular weight excluding hydrogens is 394 g/mol. The van der Waals surface area contributed by atoms with E-state index in [2.05, 4.69) is 4.99 Å². The van der Waals surface area contributed by atoms with Crippen LogP contribution in [0.3, 0.4) is 0 Å². The van der Waals surface area contributed by atoms with Crippen molar-refractivity contribution in [3.63, 3.8) is 0 Å². The van der Waals surface area contributed by atoms with Crippen molar-refractivity contribution >= 4 is 39.2 Å². The Bertz CT molecular complexity index is 1110. The minimum atomic E-state index is -0.340. The number of hydrogen-bond acceptors (Lipinski definition) is 6. The Kier molecular flexibility index (Phi) is 6.39. The second-order valence-corrected chi connectivity index (χ2v) is 7.80. The van der Waals surface area contributed by atoms with Crippen molar-refractivity contribution in [2.24, 2.45) is 4.99 Å². The Morgan fingerprint density at radius 1 is 1.21 bits per heavy atom. The Balaban J connectivity index is 2.13. The van der Waals surface area contributed by atoms with Crippen molar-refractivity contribution in [1.29, 1.82) is 5.26 Å². The molecule has 0 N–H and O–H groups in total. The van der Waals surface area contributed by atoms with E-state index >= 15 is 0 Å². The van der Waals surface area contributed by atoms with Crippen LogP contribution in [0.15, 0.2) is 41.4 Å². The number of rotatable bonds is 6. The standard InChI is InChI=1S/C20H19N3O3S2/c1-25-16-10-15-18(11-17(16)26-2)28-20(23(15)8-9-27-3)22-19(24)14-6-4-13(12-21)5-7-14/h4-7,10-11H,8-9H2,1-3H3. The summed E-state index contributed by atoms with van der Waals surface area (Å²) < 4.78 is 13.8. The number of aromatic nitrogens is 1. The van der Waals surface area contributed by atoms with Gasteiger partial charge in [0, 0.05) is 30.0 Å². The lowest BCUT2D eigenvalue weighted by atomic mass is 10.1. The number of fused-ring (bicyclic) bond motifs is 1. The molecule has 6 nitrogen and oxygen atoms in total. The van der Waals surface area contributed by atoms with Crippen molar-refractivity contribution < 1.29 is 14.3 Å². The lowest BCUT2D eigenvalue weighted by Crippen LogP contribution is -2.18. The molecule has 0 saturated heterocycles. The largest absolute Gasteiger partial charge is 0.493 e. The summed E-state index contributed by atoms with van der Waals surface area (Å²) in [4.78, 5) is 17.6. The number of methoxy groups -OCH3 is 2. The highest BCUT2D eigenvalue weighted by Gasteiger charge is 2.13. The monoisotopic (exact) mass is 413 g/mol. The number of benzene rings is 2. The van der Waals surface area contributed by atoms with Gasteiger partial charge in [-0.1, -0.05) is 11.3 Å². The van der Waals surface area contributed by atoms with E-state index in [0.29, 0.717) is 27.4 Å². The number of amides is 1. The maximum atomic E-state index is 12.7. The van der Waals surface area contributed by atoms with Gasteiger partial charge in [-0.25, -0.2) is 0 Å². The van der Waals surface area contributed by atoms with E-state index in [0.717, 1.165) is 22.5 Å². The number of nitrogens with zero attached hydrogens (tertiary/aromatic N) is 3. The number of ether oxygens (including phenoxy) is 2. The van der Waals surface area contributed by atoms with Crippen LogP contribution in [0.1, 0.15) is 15.9 Å². The summed E-state index contributed by atoms with van der Waals surface area (Å²) in [5.41, 5.74) is 1.90. The molecule has 1 aromatic heterocycles. The molecule has 0 fully saturated rings. The molecule has 28 heavy (non-hydrogen) atoms. The van der Waals surface area contributed by atoms with Gasteiger partial charge in [-0.05, 0) is 30.5 Å². The molecule has 1 heterocycles. The summed E-state index contributed by atoms with van der Waals surface area (Å²) >= 11 is 3.16. The SMILES string of the molecule is COc1cc2sc(=NC(=O)c3ccc(C#N)cc3)n(CCSC)c2cc1OC. The van der Waals surface area contributed by atoms with E-state index in [1.165, 1.54) is 11.3 Å². The predicted octanol–water partition coefficient (Wildman–Crippen LogP) is 3.70. The molecule has 0 aliphatic carbocycles. The number of thiazole rings is 1. The smallest absolute Gasteiger partial charge is 0.279 e. The zero-order valence-electron chi connectivity index (χ0n) is 15.8. The van der Waals surface area contributed by atoms with Gasteiger partial charge in [0.15, 0.2) is 16.3 Å². The van der Waals surface area contributed by atoms with Crippen molar-refractivity contribution in [3.05, 3.63) is 52.3 Å². The van der Waals surface area contributed by atoms with Gasteiger partial charge in [-0.2, -0.15) is 22.0 Å². The van der Waals surface area contributed by atoms with Gasteiger partial charge >= 0.3 is 0 Å². The summed E-state index contributed by atoms with van der Waals surface area (Å²) in [6, 6.07) is 12.3. The second kappa shape index (κ2) is 8.95. The average Bonchev–Trinajstić information content (AvgIpc) is 3.06. The van der Waals surface area contributed by atoms with Gasteiger partial charge in [0.25, 0.3) is 5.91 Å². The first-order valence-corrected chi connectivity index (χ1v) is 10.7. The predicted molar refractivity (Wildman–Crippen MR) is 112 cm³/mol. The molecule has 0 aliphatic heterocycles. The lowest BCUT2D eigenvalue weighted by Gasteiger charge is -2.09. The van der Waals surface area contributed by atoms with Crippen molar-refractivity contribution in [2.75, 3.05) is 26.2 Å². The van der Waals surface area contributed by atoms with Crippen LogP contribution < -0.4 is 14.3 Å². The van der Waals surface area contributed by atoms with Crippen molar-refractivity contribution in [2.45, 2.75) is 6.54 Å². The molecule has 1 amide bonds. The lowest BCUT2D eigenvalue weighted by molar-refractivity contribution is 0.0998. The molecule has 0 saturated carbocycles. The second-order valence-electron chi connectivity index (χ2n) is 5.81. The summed E-state index contributed by atoms with van der Waals surface area (Å²) in [6.07, 6.45) is 2.04. The molecule has 0 bridgehead atoms. The normalized spacial score (nSPS) is 11.4. The first-order chi connectivity index (χ1) is 13.6. The molecule has 0 unspecified atom stereocenters. The van der Waals surface area contributed by atoms with Gasteiger partial charge in [0.2, 0.25) is 0 Å². The fourth-order valence-corrected chi connectivity index (χ4v) is 4.15. The first kappa shape index (κ1) is 20.0. The van der Waals surface area contributed by atoms with E-state index in [1.807, 2.05) is 29.0 Å². The molecule has 2 aromatic carbocycles. The molecule has 0 radical (unpaired) electrons. The minimum Gasteiger partial charge on any atom is -0.493 e. The summed E-state index contributed by atoms with van der Waals surface area (Å²) in [6.45, 7) is 0.718. The highest BCUT2D eigenvalue weighted by Crippen LogP contribution is 2.33. The molecular formula is C20H19N3O3S2. The van der Waals surface area contributed by atoms with Crippen LogP contribution in [0.2, 0.25) is 0 Å². The number of carbonyl (C=O) groups is 1. The van der Waals surface area contributed by atoms with Crippen LogP contribution in [0.4, 0.5) is 0 Å². The van der Waals surface area contributed by atoms with Crippen LogP contribution in [0.25, 0.3) is 10.2 Å². The molecule has 0 aliphatic rings. The van der Waals surface area contributed by atoms with Crippen molar-refractivity contribution in [3.8, 4) is 17.6 Å². The highest BCUT2D eigenvalue weighted by atomic mass is 32.2. The minimum absolute atomic E-state index is 0.340. The van der Waals surface area contributed by atoms with Gasteiger partial charge in [-0.15, -0.1) is 0 Å². The fourth-order valence-electron chi connectivity index (χ4n) is 2.72. The van der Waals surface area contributed by atoms with Gasteiger partial charge in [-0.3, -0.25) is 4.79 Å². The van der Waals surface area contributed by atoms with E-state index in [1.54, 1.807) is 50.2 Å². The zero-order valence-corrected chi connectivity index (χ0v) is 17.4. The maximum absolute atomic E-state index is 12.7. The zero-order chi connectivity index (χ0) is 20.1. The van der Waals surface area contributed by atoms with Crippen LogP contribution in [0.5, 0.6) is 11.5 Å². The molecule has 144 valence electrons. The third-order valence-electron chi connectivity index (χ3n) is 4.17. The van der Waals surface area contributed by atoms with Crippen LogP contribution in [-0.4, -0.2) is 36.7 Å². The number of nitriles is 1. The topological polar surface area (TPSA) is 76.6 Å². The maximum Gasteiger partial charge on any atom is 0.279 e. The highest BCUT2D eigenvalue weighted by molar-refractivity contribution is 7.98. The molecule has 0 spiro atoms. The molecule has 3 aromatic rings. The fraction of sp³-hybridized carbons (Fsp3) is 0.250. The average molecular weight is 414 g/mol. The molecule has 8 heteroatoms. The van der Waals surface area contributed by atoms with E-state index in [-0.39, 0.29) is 5.91 Å². The number of aryl methyl sites for hydroxylation is 1. The van der Waals surface area contributed by atoms with Gasteiger partial charge in [0.1, 0.15) is 0 Å². The van der Waals surface area contributed by atoms with E-state index in [9.17, 15) is 4.79 Å². The number of carbonyl (C=O) groups excluding carboxylic acids is 1. The quantitative estimate of drug-likeness (QED) is 0.616. The number of thioether (sulfide) groups is 1. The summed E-state index contributed by atoms with van der Waals surface area (Å²) in [7, 11) is 3.20. The third kappa shape index (κ3) is 4.06. The number of hydrogen-bond donors (Lipinski definition) is 0. The van der Waals surface area contributed by atoms with Crippen molar-refractivity contribution in [1.82, 2.24) is 4.57 Å². The Morgan fingerprint density at radius 3 is 2.50 bits per heavy atom. The summed E-state index contributed by atoms with van der Waals surface area (Å²) in [5.74, 6) is 1.82. The van der Waals surface area contributed by atoms with Gasteiger partial charge < -0.3 is 14.0 Å². The van der Waals surface area contributed by atoms with E-state index in [4.69, 9.17) is 14.7 Å². The molecule has 0 atom stereocenters. The van der Waals surface area contributed by atoms with Crippen LogP contribution >= 0.6 is 23.1 Å². The Hall–Kier alpha value is -2.76. The van der Waals surface area contributed by atoms with Crippen LogP contribution in [0, 0.1) is 11.3 Å². The third-order valence-corrected chi connectivity index (χ3v) is 5.80. The van der Waals surface area contributed by atoms with Crippen LogP contribution in [-0.2, 0) is 6.54 Å². The molecule has 3 rings (SSSR count). The van der Waals surface area contributed by atoms with E-state index < -0.39 is 0 Å².